The largest absolute Gasteiger partial charge is 0.437 e. The molecule has 7 heteroatoms. The number of anilines is 1. The number of carbonyl (C=O) groups excluding carboxylic acids is 1. The highest BCUT2D eigenvalue weighted by molar-refractivity contribution is 6.33. The van der Waals surface area contributed by atoms with Gasteiger partial charge in [-0.2, -0.15) is 0 Å². The van der Waals surface area contributed by atoms with Crippen molar-refractivity contribution < 1.29 is 19.0 Å². The number of carbonyl (C=O) groups is 1. The van der Waals surface area contributed by atoms with E-state index in [0.717, 1.165) is 5.56 Å². The van der Waals surface area contributed by atoms with E-state index in [1.54, 1.807) is 24.3 Å². The molecule has 1 aliphatic heterocycles. The third-order valence-electron chi connectivity index (χ3n) is 5.28. The molecule has 1 N–H and O–H groups in total. The Balaban J connectivity index is 1.62. The molecule has 30 heavy (non-hydrogen) atoms. The van der Waals surface area contributed by atoms with Crippen LogP contribution in [0.1, 0.15) is 18.4 Å². The number of benzene rings is 2. The molecule has 1 aliphatic rings. The molecule has 2 aromatic carbocycles. The van der Waals surface area contributed by atoms with E-state index >= 15 is 0 Å². The van der Waals surface area contributed by atoms with Gasteiger partial charge in [-0.05, 0) is 35.9 Å². The summed E-state index contributed by atoms with van der Waals surface area (Å²) in [6, 6.07) is 18.8. The van der Waals surface area contributed by atoms with Crippen molar-refractivity contribution in [2.45, 2.75) is 18.4 Å². The van der Waals surface area contributed by atoms with Crippen LogP contribution in [0, 0.1) is 5.82 Å². The number of ether oxygens (including phenoxy) is 1. The van der Waals surface area contributed by atoms with Gasteiger partial charge in [-0.3, -0.25) is 4.90 Å². The standard InChI is InChI=1S/C23H20ClFN2O3/c24-19-15-17(25)9-10-18(19)20-7-4-8-21(26-20)27-13-11-23(12-14-28,30-22(27)29)16-5-2-1-3-6-16/h1-10,15,28H,11-14H2/t23-/m0/s1. The Bertz CT molecular complexity index is 1060. The average Bonchev–Trinajstić information content (AvgIpc) is 2.75. The van der Waals surface area contributed by atoms with Crippen molar-refractivity contribution in [3.8, 4) is 11.3 Å². The Kier molecular flexibility index (Phi) is 5.70. The van der Waals surface area contributed by atoms with Crippen molar-refractivity contribution in [3.05, 3.63) is 83.1 Å². The highest BCUT2D eigenvalue weighted by Crippen LogP contribution is 2.38. The first-order valence-electron chi connectivity index (χ1n) is 9.62. The number of cyclic esters (lactones) is 1. The topological polar surface area (TPSA) is 62.7 Å². The average molecular weight is 427 g/mol. The van der Waals surface area contributed by atoms with Crippen molar-refractivity contribution >= 4 is 23.5 Å². The Morgan fingerprint density at radius 1 is 1.13 bits per heavy atom. The smallest absolute Gasteiger partial charge is 0.416 e. The summed E-state index contributed by atoms with van der Waals surface area (Å²) in [6.07, 6.45) is 0.287. The normalized spacial score (nSPS) is 18.9. The number of aliphatic hydroxyl groups excluding tert-OH is 1. The lowest BCUT2D eigenvalue weighted by Gasteiger charge is -2.41. The minimum absolute atomic E-state index is 0.0982. The van der Waals surface area contributed by atoms with E-state index in [4.69, 9.17) is 16.3 Å². The van der Waals surface area contributed by atoms with Crippen LogP contribution in [-0.4, -0.2) is 29.3 Å². The summed E-state index contributed by atoms with van der Waals surface area (Å²) in [4.78, 5) is 18.9. The minimum Gasteiger partial charge on any atom is -0.437 e. The molecular formula is C23H20ClFN2O3. The van der Waals surface area contributed by atoms with Crippen LogP contribution in [-0.2, 0) is 10.3 Å². The lowest BCUT2D eigenvalue weighted by molar-refractivity contribution is -0.0259. The van der Waals surface area contributed by atoms with Gasteiger partial charge in [-0.25, -0.2) is 14.2 Å². The summed E-state index contributed by atoms with van der Waals surface area (Å²) in [5.41, 5.74) is 1.08. The maximum atomic E-state index is 13.4. The molecule has 1 amide bonds. The molecule has 1 saturated heterocycles. The molecule has 1 fully saturated rings. The number of pyridine rings is 1. The van der Waals surface area contributed by atoms with E-state index in [1.165, 1.54) is 17.0 Å². The number of hydrogen-bond donors (Lipinski definition) is 1. The molecule has 1 aromatic heterocycles. The first kappa shape index (κ1) is 20.3. The zero-order valence-corrected chi connectivity index (χ0v) is 16.8. The predicted octanol–water partition coefficient (Wildman–Crippen LogP) is 5.17. The molecule has 0 radical (unpaired) electrons. The molecule has 0 aliphatic carbocycles. The van der Waals surface area contributed by atoms with Crippen molar-refractivity contribution in [1.82, 2.24) is 4.98 Å². The summed E-state index contributed by atoms with van der Waals surface area (Å²) >= 11 is 6.16. The predicted molar refractivity (Wildman–Crippen MR) is 113 cm³/mol. The lowest BCUT2D eigenvalue weighted by atomic mass is 9.86. The maximum Gasteiger partial charge on any atom is 0.416 e. The first-order chi connectivity index (χ1) is 14.5. The molecule has 0 unspecified atom stereocenters. The highest BCUT2D eigenvalue weighted by atomic mass is 35.5. The molecule has 3 aromatic rings. The summed E-state index contributed by atoms with van der Waals surface area (Å²) in [5, 5.41) is 9.81. The van der Waals surface area contributed by atoms with E-state index in [-0.39, 0.29) is 11.6 Å². The molecule has 5 nitrogen and oxygen atoms in total. The zero-order chi connectivity index (χ0) is 21.1. The van der Waals surface area contributed by atoms with Gasteiger partial charge in [0.05, 0.1) is 10.7 Å². The second kappa shape index (κ2) is 8.42. The highest BCUT2D eigenvalue weighted by Gasteiger charge is 2.42. The van der Waals surface area contributed by atoms with Gasteiger partial charge in [-0.15, -0.1) is 0 Å². The molecule has 0 bridgehead atoms. The van der Waals surface area contributed by atoms with Crippen molar-refractivity contribution in [3.63, 3.8) is 0 Å². The number of aromatic nitrogens is 1. The lowest BCUT2D eigenvalue weighted by Crippen LogP contribution is -2.48. The van der Waals surface area contributed by atoms with Gasteiger partial charge in [0.1, 0.15) is 17.2 Å². The van der Waals surface area contributed by atoms with Gasteiger partial charge in [0.25, 0.3) is 0 Å². The van der Waals surface area contributed by atoms with Crippen LogP contribution in [0.15, 0.2) is 66.7 Å². The second-order valence-electron chi connectivity index (χ2n) is 7.11. The quantitative estimate of drug-likeness (QED) is 0.611. The maximum absolute atomic E-state index is 13.4. The molecule has 0 saturated carbocycles. The Morgan fingerprint density at radius 2 is 1.93 bits per heavy atom. The van der Waals surface area contributed by atoms with E-state index in [9.17, 15) is 14.3 Å². The summed E-state index contributed by atoms with van der Waals surface area (Å²) < 4.78 is 19.2. The monoisotopic (exact) mass is 426 g/mol. The van der Waals surface area contributed by atoms with Crippen LogP contribution in [0.25, 0.3) is 11.3 Å². The van der Waals surface area contributed by atoms with E-state index in [1.807, 2.05) is 30.3 Å². The summed E-state index contributed by atoms with van der Waals surface area (Å²) in [7, 11) is 0. The fourth-order valence-corrected chi connectivity index (χ4v) is 4.00. The van der Waals surface area contributed by atoms with Crippen LogP contribution in [0.5, 0.6) is 0 Å². The molecule has 0 spiro atoms. The SMILES string of the molecule is O=C1O[C@@](CCO)(c2ccccc2)CCN1c1cccc(-c2ccc(F)cc2Cl)n1. The fraction of sp³-hybridized carbons (Fsp3) is 0.217. The van der Waals surface area contributed by atoms with Crippen molar-refractivity contribution in [2.75, 3.05) is 18.1 Å². The summed E-state index contributed by atoms with van der Waals surface area (Å²) in [5.74, 6) is -0.0100. The van der Waals surface area contributed by atoms with E-state index in [0.29, 0.717) is 36.5 Å². The second-order valence-corrected chi connectivity index (χ2v) is 7.52. The molecule has 1 atom stereocenters. The van der Waals surface area contributed by atoms with Crippen LogP contribution in [0.2, 0.25) is 5.02 Å². The third-order valence-corrected chi connectivity index (χ3v) is 5.59. The van der Waals surface area contributed by atoms with Crippen molar-refractivity contribution in [1.29, 1.82) is 0 Å². The molecule has 4 rings (SSSR count). The van der Waals surface area contributed by atoms with E-state index < -0.39 is 17.5 Å². The van der Waals surface area contributed by atoms with E-state index in [2.05, 4.69) is 4.98 Å². The van der Waals surface area contributed by atoms with Gasteiger partial charge in [0, 0.05) is 31.6 Å². The van der Waals surface area contributed by atoms with Gasteiger partial charge < -0.3 is 9.84 Å². The van der Waals surface area contributed by atoms with Gasteiger partial charge in [0.15, 0.2) is 0 Å². The number of rotatable bonds is 5. The number of hydrogen-bond acceptors (Lipinski definition) is 4. The Hall–Kier alpha value is -2.96. The number of amides is 1. The van der Waals surface area contributed by atoms with Gasteiger partial charge in [0.2, 0.25) is 0 Å². The van der Waals surface area contributed by atoms with Crippen LogP contribution >= 0.6 is 11.6 Å². The zero-order valence-electron chi connectivity index (χ0n) is 16.1. The molecular weight excluding hydrogens is 407 g/mol. The van der Waals surface area contributed by atoms with Gasteiger partial charge >= 0.3 is 6.09 Å². The van der Waals surface area contributed by atoms with Crippen LogP contribution in [0.4, 0.5) is 15.0 Å². The molecule has 154 valence electrons. The Morgan fingerprint density at radius 3 is 2.63 bits per heavy atom. The number of nitrogens with zero attached hydrogens (tertiary/aromatic N) is 2. The van der Waals surface area contributed by atoms with Crippen LogP contribution < -0.4 is 4.90 Å². The van der Waals surface area contributed by atoms with Gasteiger partial charge in [-0.1, -0.05) is 48.0 Å². The Labute approximate surface area is 178 Å². The number of aliphatic hydroxyl groups is 1. The molecule has 2 heterocycles. The van der Waals surface area contributed by atoms with Crippen molar-refractivity contribution in [2.24, 2.45) is 0 Å². The first-order valence-corrected chi connectivity index (χ1v) is 10.00. The third kappa shape index (κ3) is 3.88. The van der Waals surface area contributed by atoms with Crippen LogP contribution in [0.3, 0.4) is 0 Å². The minimum atomic E-state index is -0.874. The summed E-state index contributed by atoms with van der Waals surface area (Å²) in [6.45, 7) is 0.278. The fourth-order valence-electron chi connectivity index (χ4n) is 3.73. The number of halogens is 2.